The lowest BCUT2D eigenvalue weighted by molar-refractivity contribution is 0.419. The minimum atomic E-state index is 0.211. The van der Waals surface area contributed by atoms with Crippen molar-refractivity contribution in [2.45, 2.75) is 18.8 Å². The summed E-state index contributed by atoms with van der Waals surface area (Å²) in [6.07, 6.45) is 3.68. The molecule has 1 aliphatic heterocycles. The molecule has 2 N–H and O–H groups in total. The highest BCUT2D eigenvalue weighted by molar-refractivity contribution is 7.09. The summed E-state index contributed by atoms with van der Waals surface area (Å²) in [6, 6.07) is 5.75. The molecule has 1 aromatic carbocycles. The second-order valence-electron chi connectivity index (χ2n) is 6.54. The first-order valence-corrected chi connectivity index (χ1v) is 9.52. The number of anilines is 2. The summed E-state index contributed by atoms with van der Waals surface area (Å²) in [7, 11) is 1.62. The summed E-state index contributed by atoms with van der Waals surface area (Å²) in [5.41, 5.74) is 7.57. The highest BCUT2D eigenvalue weighted by Crippen LogP contribution is 2.31. The van der Waals surface area contributed by atoms with Gasteiger partial charge < -0.3 is 15.4 Å². The van der Waals surface area contributed by atoms with Gasteiger partial charge in [-0.3, -0.25) is 0 Å². The van der Waals surface area contributed by atoms with Crippen LogP contribution in [-0.2, 0) is 0 Å². The summed E-state index contributed by atoms with van der Waals surface area (Å²) in [5.74, 6) is 1.97. The maximum absolute atomic E-state index is 6.16. The number of ether oxygens (including phenoxy) is 1. The van der Waals surface area contributed by atoms with E-state index in [1.54, 1.807) is 18.0 Å². The Hall–Kier alpha value is -3.01. The van der Waals surface area contributed by atoms with Crippen LogP contribution in [0.25, 0.3) is 16.6 Å². The molecule has 27 heavy (non-hydrogen) atoms. The van der Waals surface area contributed by atoms with Gasteiger partial charge in [0.05, 0.1) is 7.11 Å². The Kier molecular flexibility index (Phi) is 3.78. The van der Waals surface area contributed by atoms with Crippen molar-refractivity contribution < 1.29 is 4.74 Å². The maximum atomic E-state index is 6.16. The highest BCUT2D eigenvalue weighted by Gasteiger charge is 2.27. The van der Waals surface area contributed by atoms with Gasteiger partial charge in [0, 0.05) is 35.9 Å². The standard InChI is InChI=1S/C17H18N8OS/c1-26-12-6-2-5-11-13(12)21-16(18)25-15(11)22-14(23-25)10-4-3-7-24(8-10)17-19-9-20-27-17/h2,5-6,9-10H,3-4,7-8H2,1H3,(H2,18,21). The van der Waals surface area contributed by atoms with Gasteiger partial charge in [-0.15, -0.1) is 5.10 Å². The number of rotatable bonds is 3. The Morgan fingerprint density at radius 1 is 1.30 bits per heavy atom. The predicted molar refractivity (Wildman–Crippen MR) is 103 cm³/mol. The van der Waals surface area contributed by atoms with Gasteiger partial charge in [0.25, 0.3) is 0 Å². The Bertz CT molecular complexity index is 1110. The average Bonchev–Trinajstić information content (AvgIpc) is 3.38. The van der Waals surface area contributed by atoms with Crippen molar-refractivity contribution in [2.75, 3.05) is 30.8 Å². The SMILES string of the molecule is COc1cccc2c1nc(N)n1nc(C3CCCN(c4ncns4)C3)nc21. The normalized spacial score (nSPS) is 17.7. The number of nitrogens with zero attached hydrogens (tertiary/aromatic N) is 7. The van der Waals surface area contributed by atoms with Gasteiger partial charge in [0.1, 0.15) is 17.6 Å². The van der Waals surface area contributed by atoms with E-state index in [2.05, 4.69) is 24.3 Å². The predicted octanol–water partition coefficient (Wildman–Crippen LogP) is 2.10. The molecule has 0 aliphatic carbocycles. The van der Waals surface area contributed by atoms with Gasteiger partial charge in [-0.2, -0.15) is 8.89 Å². The molecule has 1 saturated heterocycles. The van der Waals surface area contributed by atoms with E-state index in [0.717, 1.165) is 42.3 Å². The number of aromatic nitrogens is 6. The van der Waals surface area contributed by atoms with Gasteiger partial charge in [-0.1, -0.05) is 6.07 Å². The van der Waals surface area contributed by atoms with E-state index >= 15 is 0 Å². The van der Waals surface area contributed by atoms with Crippen LogP contribution in [0.4, 0.5) is 11.1 Å². The third kappa shape index (κ3) is 2.64. The molecule has 1 fully saturated rings. The van der Waals surface area contributed by atoms with Crippen molar-refractivity contribution in [3.05, 3.63) is 30.4 Å². The van der Waals surface area contributed by atoms with Crippen molar-refractivity contribution >= 4 is 39.2 Å². The number of methoxy groups -OCH3 is 1. The number of piperidine rings is 1. The Morgan fingerprint density at radius 3 is 3.04 bits per heavy atom. The van der Waals surface area contributed by atoms with Crippen LogP contribution in [0.1, 0.15) is 24.6 Å². The van der Waals surface area contributed by atoms with Crippen molar-refractivity contribution in [3.63, 3.8) is 0 Å². The zero-order valence-corrected chi connectivity index (χ0v) is 15.6. The number of nitrogens with two attached hydrogens (primary N) is 1. The quantitative estimate of drug-likeness (QED) is 0.574. The van der Waals surface area contributed by atoms with Gasteiger partial charge in [-0.05, 0) is 25.0 Å². The van der Waals surface area contributed by atoms with E-state index in [4.69, 9.17) is 15.5 Å². The Morgan fingerprint density at radius 2 is 2.22 bits per heavy atom. The van der Waals surface area contributed by atoms with Crippen LogP contribution in [0.2, 0.25) is 0 Å². The zero-order valence-electron chi connectivity index (χ0n) is 14.7. The molecule has 4 heterocycles. The second kappa shape index (κ2) is 6.31. The fourth-order valence-electron chi connectivity index (χ4n) is 3.65. The van der Waals surface area contributed by atoms with Crippen LogP contribution < -0.4 is 15.4 Å². The fraction of sp³-hybridized carbons (Fsp3) is 0.353. The van der Waals surface area contributed by atoms with Crippen LogP contribution in [0, 0.1) is 0 Å². The maximum Gasteiger partial charge on any atom is 0.223 e. The van der Waals surface area contributed by atoms with Crippen LogP contribution in [0.15, 0.2) is 24.5 Å². The molecule has 4 aromatic rings. The molecule has 0 radical (unpaired) electrons. The van der Waals surface area contributed by atoms with E-state index in [9.17, 15) is 0 Å². The molecule has 1 unspecified atom stereocenters. The fourth-order valence-corrected chi connectivity index (χ4v) is 4.21. The third-order valence-electron chi connectivity index (χ3n) is 4.93. The molecule has 0 saturated carbocycles. The van der Waals surface area contributed by atoms with Gasteiger partial charge >= 0.3 is 0 Å². The minimum Gasteiger partial charge on any atom is -0.494 e. The molecule has 1 atom stereocenters. The molecule has 0 spiro atoms. The van der Waals surface area contributed by atoms with Crippen LogP contribution in [-0.4, -0.2) is 49.1 Å². The molecule has 10 heteroatoms. The van der Waals surface area contributed by atoms with E-state index in [-0.39, 0.29) is 5.92 Å². The van der Waals surface area contributed by atoms with E-state index in [0.29, 0.717) is 22.9 Å². The lowest BCUT2D eigenvalue weighted by atomic mass is 9.98. The van der Waals surface area contributed by atoms with Crippen LogP contribution >= 0.6 is 11.5 Å². The van der Waals surface area contributed by atoms with Crippen molar-refractivity contribution in [2.24, 2.45) is 0 Å². The van der Waals surface area contributed by atoms with Gasteiger partial charge in [0.15, 0.2) is 11.5 Å². The molecule has 138 valence electrons. The molecular formula is C17H18N8OS. The topological polar surface area (TPSA) is 107 Å². The summed E-state index contributed by atoms with van der Waals surface area (Å²) in [6.45, 7) is 1.80. The van der Waals surface area contributed by atoms with Crippen LogP contribution in [0.3, 0.4) is 0 Å². The number of hydrogen-bond acceptors (Lipinski definition) is 9. The first-order valence-electron chi connectivity index (χ1n) is 8.75. The summed E-state index contributed by atoms with van der Waals surface area (Å²) >= 11 is 1.42. The van der Waals surface area contributed by atoms with Crippen LogP contribution in [0.5, 0.6) is 5.75 Å². The lowest BCUT2D eigenvalue weighted by Crippen LogP contribution is -2.34. The Labute approximate surface area is 159 Å². The number of nitrogen functional groups attached to an aromatic ring is 1. The summed E-state index contributed by atoms with van der Waals surface area (Å²) < 4.78 is 11.2. The monoisotopic (exact) mass is 382 g/mol. The van der Waals surface area contributed by atoms with Gasteiger partial charge in [-0.25, -0.2) is 15.0 Å². The Balaban J connectivity index is 1.58. The molecule has 5 rings (SSSR count). The van der Waals surface area contributed by atoms with E-state index in [1.807, 2.05) is 18.2 Å². The van der Waals surface area contributed by atoms with Gasteiger partial charge in [0.2, 0.25) is 11.1 Å². The molecule has 9 nitrogen and oxygen atoms in total. The van der Waals surface area contributed by atoms with Crippen molar-refractivity contribution in [1.29, 1.82) is 0 Å². The smallest absolute Gasteiger partial charge is 0.223 e. The number of para-hydroxylation sites is 1. The van der Waals surface area contributed by atoms with Crippen molar-refractivity contribution in [1.82, 2.24) is 28.9 Å². The molecule has 0 bridgehead atoms. The van der Waals surface area contributed by atoms with E-state index in [1.165, 1.54) is 11.5 Å². The molecule has 0 amide bonds. The first kappa shape index (κ1) is 16.2. The largest absolute Gasteiger partial charge is 0.494 e. The second-order valence-corrected chi connectivity index (χ2v) is 7.30. The number of hydrogen-bond donors (Lipinski definition) is 1. The van der Waals surface area contributed by atoms with E-state index < -0.39 is 0 Å². The highest BCUT2D eigenvalue weighted by atomic mass is 32.1. The summed E-state index contributed by atoms with van der Waals surface area (Å²) in [5, 5.41) is 6.49. The lowest BCUT2D eigenvalue weighted by Gasteiger charge is -2.30. The molecular weight excluding hydrogens is 364 g/mol. The molecule has 1 aliphatic rings. The first-order chi connectivity index (χ1) is 13.2. The summed E-state index contributed by atoms with van der Waals surface area (Å²) in [4.78, 5) is 15.9. The minimum absolute atomic E-state index is 0.211. The average molecular weight is 382 g/mol. The molecule has 3 aromatic heterocycles. The van der Waals surface area contributed by atoms with Crippen molar-refractivity contribution in [3.8, 4) is 5.75 Å². The number of fused-ring (bicyclic) bond motifs is 3. The number of benzene rings is 1. The zero-order chi connectivity index (χ0) is 18.4. The third-order valence-corrected chi connectivity index (χ3v) is 5.66.